The molecule has 1 amide bonds. The van der Waals surface area contributed by atoms with Crippen molar-refractivity contribution in [3.63, 3.8) is 0 Å². The molecule has 2 aromatic heterocycles. The number of nitrogens with zero attached hydrogens (tertiary/aromatic N) is 2. The Hall–Kier alpha value is -1.94. The number of rotatable bonds is 3. The minimum absolute atomic E-state index is 0.194. The van der Waals surface area contributed by atoms with Crippen LogP contribution in [-0.2, 0) is 6.54 Å². The van der Waals surface area contributed by atoms with E-state index in [0.29, 0.717) is 17.3 Å². The van der Waals surface area contributed by atoms with Gasteiger partial charge in [0.15, 0.2) is 0 Å². The highest BCUT2D eigenvalue weighted by Gasteiger charge is 2.05. The Morgan fingerprint density at radius 1 is 1.24 bits per heavy atom. The lowest BCUT2D eigenvalue weighted by Gasteiger charge is -2.04. The first-order valence-corrected chi connectivity index (χ1v) is 5.43. The smallest absolute Gasteiger partial charge is 0.251 e. The molecule has 86 valence electrons. The molecule has 0 fully saturated rings. The third-order valence-electron chi connectivity index (χ3n) is 2.14. The molecule has 2 rings (SSSR count). The minimum atomic E-state index is -0.194. The van der Waals surface area contributed by atoms with Crippen molar-refractivity contribution in [3.8, 4) is 0 Å². The van der Waals surface area contributed by atoms with Gasteiger partial charge >= 0.3 is 0 Å². The Morgan fingerprint density at radius 2 is 2.12 bits per heavy atom. The minimum Gasteiger partial charge on any atom is -0.346 e. The van der Waals surface area contributed by atoms with Crippen molar-refractivity contribution < 1.29 is 4.79 Å². The molecular formula is C12H10ClN3O. The molecule has 4 nitrogen and oxygen atoms in total. The zero-order valence-electron chi connectivity index (χ0n) is 8.93. The van der Waals surface area contributed by atoms with Crippen LogP contribution in [0.3, 0.4) is 0 Å². The van der Waals surface area contributed by atoms with Crippen LogP contribution < -0.4 is 5.32 Å². The van der Waals surface area contributed by atoms with Crippen LogP contribution in [0.5, 0.6) is 0 Å². The van der Waals surface area contributed by atoms with E-state index in [4.69, 9.17) is 11.6 Å². The van der Waals surface area contributed by atoms with E-state index in [1.54, 1.807) is 12.3 Å². The Balaban J connectivity index is 1.98. The standard InChI is InChI=1S/C12H10ClN3O/c13-11-7-9(4-6-15-11)12(17)16-8-10-3-1-2-5-14-10/h1-7H,8H2,(H,16,17). The molecule has 2 aromatic rings. The molecule has 1 N–H and O–H groups in total. The fourth-order valence-electron chi connectivity index (χ4n) is 1.32. The average Bonchev–Trinajstić information content (AvgIpc) is 2.37. The van der Waals surface area contributed by atoms with Gasteiger partial charge in [-0.1, -0.05) is 17.7 Å². The van der Waals surface area contributed by atoms with Crippen molar-refractivity contribution >= 4 is 17.5 Å². The summed E-state index contributed by atoms with van der Waals surface area (Å²) in [5.74, 6) is -0.194. The quantitative estimate of drug-likeness (QED) is 0.845. The van der Waals surface area contributed by atoms with Gasteiger partial charge in [0, 0.05) is 18.0 Å². The zero-order valence-corrected chi connectivity index (χ0v) is 9.69. The molecule has 0 aliphatic heterocycles. The largest absolute Gasteiger partial charge is 0.346 e. The first-order valence-electron chi connectivity index (χ1n) is 5.05. The van der Waals surface area contributed by atoms with Gasteiger partial charge in [-0.2, -0.15) is 0 Å². The predicted molar refractivity (Wildman–Crippen MR) is 64.7 cm³/mol. The van der Waals surface area contributed by atoms with E-state index in [2.05, 4.69) is 15.3 Å². The number of amides is 1. The van der Waals surface area contributed by atoms with Gasteiger partial charge in [-0.3, -0.25) is 9.78 Å². The molecule has 0 saturated heterocycles. The Bertz CT molecular complexity index is 516. The predicted octanol–water partition coefficient (Wildman–Crippen LogP) is 2.06. The molecule has 0 atom stereocenters. The Morgan fingerprint density at radius 3 is 2.82 bits per heavy atom. The number of hydrogen-bond acceptors (Lipinski definition) is 3. The van der Waals surface area contributed by atoms with Gasteiger partial charge < -0.3 is 5.32 Å². The fraction of sp³-hybridized carbons (Fsp3) is 0.0833. The fourth-order valence-corrected chi connectivity index (χ4v) is 1.49. The second kappa shape index (κ2) is 5.41. The third kappa shape index (κ3) is 3.26. The van der Waals surface area contributed by atoms with Crippen LogP contribution in [0.4, 0.5) is 0 Å². The van der Waals surface area contributed by atoms with Crippen LogP contribution in [0.1, 0.15) is 16.1 Å². The van der Waals surface area contributed by atoms with Crippen LogP contribution >= 0.6 is 11.6 Å². The number of carbonyl (C=O) groups excluding carboxylic acids is 1. The monoisotopic (exact) mass is 247 g/mol. The number of carbonyl (C=O) groups is 1. The molecule has 0 aliphatic rings. The van der Waals surface area contributed by atoms with Crippen molar-refractivity contribution in [3.05, 3.63) is 59.1 Å². The van der Waals surface area contributed by atoms with Crippen molar-refractivity contribution in [1.82, 2.24) is 15.3 Å². The van der Waals surface area contributed by atoms with Gasteiger partial charge in [0.2, 0.25) is 0 Å². The third-order valence-corrected chi connectivity index (χ3v) is 2.35. The van der Waals surface area contributed by atoms with E-state index < -0.39 is 0 Å². The molecule has 0 bridgehead atoms. The van der Waals surface area contributed by atoms with Gasteiger partial charge in [0.05, 0.1) is 12.2 Å². The van der Waals surface area contributed by atoms with E-state index in [1.807, 2.05) is 18.2 Å². The number of nitrogens with one attached hydrogen (secondary N) is 1. The van der Waals surface area contributed by atoms with Gasteiger partial charge in [-0.25, -0.2) is 4.98 Å². The average molecular weight is 248 g/mol. The molecule has 0 aliphatic carbocycles. The van der Waals surface area contributed by atoms with Crippen LogP contribution in [0.2, 0.25) is 5.15 Å². The van der Waals surface area contributed by atoms with E-state index >= 15 is 0 Å². The van der Waals surface area contributed by atoms with Crippen molar-refractivity contribution in [1.29, 1.82) is 0 Å². The van der Waals surface area contributed by atoms with Crippen molar-refractivity contribution in [2.24, 2.45) is 0 Å². The van der Waals surface area contributed by atoms with Crippen LogP contribution in [-0.4, -0.2) is 15.9 Å². The van der Waals surface area contributed by atoms with Crippen molar-refractivity contribution in [2.75, 3.05) is 0 Å². The molecule has 17 heavy (non-hydrogen) atoms. The van der Waals surface area contributed by atoms with Gasteiger partial charge in [-0.05, 0) is 24.3 Å². The van der Waals surface area contributed by atoms with E-state index in [-0.39, 0.29) is 5.91 Å². The van der Waals surface area contributed by atoms with Crippen LogP contribution in [0.15, 0.2) is 42.7 Å². The molecule has 0 spiro atoms. The van der Waals surface area contributed by atoms with Crippen LogP contribution in [0.25, 0.3) is 0 Å². The maximum atomic E-state index is 11.7. The van der Waals surface area contributed by atoms with E-state index in [1.165, 1.54) is 12.3 Å². The molecule has 5 heteroatoms. The summed E-state index contributed by atoms with van der Waals surface area (Å²) in [6.45, 7) is 0.389. The second-order valence-corrected chi connectivity index (χ2v) is 3.76. The molecule has 2 heterocycles. The van der Waals surface area contributed by atoms with Crippen LogP contribution in [0, 0.1) is 0 Å². The summed E-state index contributed by atoms with van der Waals surface area (Å²) in [6, 6.07) is 8.68. The van der Waals surface area contributed by atoms with Gasteiger partial charge in [0.25, 0.3) is 5.91 Å². The summed E-state index contributed by atoms with van der Waals surface area (Å²) in [5, 5.41) is 3.06. The summed E-state index contributed by atoms with van der Waals surface area (Å²) < 4.78 is 0. The topological polar surface area (TPSA) is 54.9 Å². The summed E-state index contributed by atoms with van der Waals surface area (Å²) in [7, 11) is 0. The zero-order chi connectivity index (χ0) is 12.1. The second-order valence-electron chi connectivity index (χ2n) is 3.37. The number of aromatic nitrogens is 2. The maximum absolute atomic E-state index is 11.7. The highest BCUT2D eigenvalue weighted by molar-refractivity contribution is 6.29. The lowest BCUT2D eigenvalue weighted by molar-refractivity contribution is 0.0950. The molecule has 0 saturated carbocycles. The summed E-state index contributed by atoms with van der Waals surface area (Å²) in [5.41, 5.74) is 1.29. The molecule has 0 aromatic carbocycles. The number of pyridine rings is 2. The highest BCUT2D eigenvalue weighted by atomic mass is 35.5. The Kier molecular flexibility index (Phi) is 3.67. The van der Waals surface area contributed by atoms with Gasteiger partial charge in [-0.15, -0.1) is 0 Å². The molecule has 0 unspecified atom stereocenters. The normalized spacial score (nSPS) is 9.94. The summed E-state index contributed by atoms with van der Waals surface area (Å²) >= 11 is 5.70. The number of hydrogen-bond donors (Lipinski definition) is 1. The lowest BCUT2D eigenvalue weighted by Crippen LogP contribution is -2.23. The first-order chi connectivity index (χ1) is 8.25. The number of halogens is 1. The summed E-state index contributed by atoms with van der Waals surface area (Å²) in [6.07, 6.45) is 3.18. The first kappa shape index (κ1) is 11.5. The highest BCUT2D eigenvalue weighted by Crippen LogP contribution is 2.06. The van der Waals surface area contributed by atoms with E-state index in [0.717, 1.165) is 5.69 Å². The SMILES string of the molecule is O=C(NCc1ccccn1)c1ccnc(Cl)c1. The summed E-state index contributed by atoms with van der Waals surface area (Å²) in [4.78, 5) is 19.7. The molecular weight excluding hydrogens is 238 g/mol. The van der Waals surface area contributed by atoms with Gasteiger partial charge in [0.1, 0.15) is 5.15 Å². The lowest BCUT2D eigenvalue weighted by atomic mass is 10.2. The maximum Gasteiger partial charge on any atom is 0.251 e. The van der Waals surface area contributed by atoms with Crippen molar-refractivity contribution in [2.45, 2.75) is 6.54 Å². The molecule has 0 radical (unpaired) electrons. The Labute approximate surface area is 104 Å². The van der Waals surface area contributed by atoms with E-state index in [9.17, 15) is 4.79 Å².